The second-order valence-corrected chi connectivity index (χ2v) is 8.98. The molecule has 43 heavy (non-hydrogen) atoms. The second kappa shape index (κ2) is 12.6. The summed E-state index contributed by atoms with van der Waals surface area (Å²) in [6.07, 6.45) is 2.78. The number of nitrogens with one attached hydrogen (secondary N) is 2. The van der Waals surface area contributed by atoms with Crippen LogP contribution < -0.4 is 5.32 Å². The molecule has 6 N–H and O–H groups in total. The van der Waals surface area contributed by atoms with E-state index in [0.717, 1.165) is 0 Å². The molecular formula is C28H26N8O7. The molecule has 0 fully saturated rings. The molecule has 0 saturated carbocycles. The molecule has 0 aliphatic heterocycles. The standard InChI is InChI=1S/C28H26N8O7/c1-3-35(4-2)26(39)15-9-20(22(32-29)13-30-16-5-7-18(27(40)41)24(37)11-16)31-21(10-15)23-14-36(34-33-23)17-6-8-19(28(42)43)25(38)12-17/h5-14,29-30,37-38H,3-4H2,1-2H3,(H,40,41)(H,42,43)/b22-13-,32-29?. The fraction of sp³-hybridized carbons (Fsp3) is 0.143. The topological polar surface area (TPSA) is 227 Å². The number of carboxylic acid groups (broad SMARTS) is 2. The summed E-state index contributed by atoms with van der Waals surface area (Å²) in [6.45, 7) is 4.55. The largest absolute Gasteiger partial charge is 0.507 e. The summed E-state index contributed by atoms with van der Waals surface area (Å²) in [5, 5.41) is 52.9. The number of rotatable bonds is 11. The minimum Gasteiger partial charge on any atom is -0.507 e. The van der Waals surface area contributed by atoms with E-state index in [1.807, 2.05) is 13.8 Å². The number of carboxylic acids is 2. The Bertz CT molecular complexity index is 1760. The second-order valence-electron chi connectivity index (χ2n) is 8.98. The molecule has 4 aromatic rings. The molecule has 0 atom stereocenters. The summed E-state index contributed by atoms with van der Waals surface area (Å²) in [6, 6.07) is 10.7. The van der Waals surface area contributed by atoms with Crippen molar-refractivity contribution in [2.45, 2.75) is 13.8 Å². The van der Waals surface area contributed by atoms with Gasteiger partial charge in [-0.25, -0.2) is 24.8 Å². The molecule has 0 bridgehead atoms. The highest BCUT2D eigenvalue weighted by Crippen LogP contribution is 2.27. The summed E-state index contributed by atoms with van der Waals surface area (Å²) >= 11 is 0. The number of aromatic hydroxyl groups is 2. The Labute approximate surface area is 243 Å². The van der Waals surface area contributed by atoms with E-state index < -0.39 is 23.4 Å². The van der Waals surface area contributed by atoms with Crippen molar-refractivity contribution in [2.75, 3.05) is 18.4 Å². The lowest BCUT2D eigenvalue weighted by Crippen LogP contribution is -2.30. The number of pyridine rings is 1. The lowest BCUT2D eigenvalue weighted by Gasteiger charge is -2.19. The third kappa shape index (κ3) is 6.45. The van der Waals surface area contributed by atoms with Gasteiger partial charge in [0.15, 0.2) is 0 Å². The number of nitrogens with zero attached hydrogens (tertiary/aromatic N) is 6. The Balaban J connectivity index is 1.76. The van der Waals surface area contributed by atoms with Gasteiger partial charge in [-0.05, 0) is 50.2 Å². The van der Waals surface area contributed by atoms with Gasteiger partial charge < -0.3 is 30.6 Å². The van der Waals surface area contributed by atoms with Crippen LogP contribution in [-0.4, -0.2) is 76.2 Å². The van der Waals surface area contributed by atoms with E-state index in [9.17, 15) is 24.6 Å². The van der Waals surface area contributed by atoms with Gasteiger partial charge in [-0.2, -0.15) is 5.11 Å². The highest BCUT2D eigenvalue weighted by atomic mass is 16.4. The van der Waals surface area contributed by atoms with Crippen LogP contribution in [-0.2, 0) is 0 Å². The zero-order valence-corrected chi connectivity index (χ0v) is 22.9. The molecule has 1 amide bonds. The number of hydrogen-bond acceptors (Lipinski definition) is 11. The summed E-state index contributed by atoms with van der Waals surface area (Å²) in [4.78, 5) is 41.8. The first kappa shape index (κ1) is 29.9. The van der Waals surface area contributed by atoms with Gasteiger partial charge in [-0.3, -0.25) is 4.79 Å². The Morgan fingerprint density at radius 1 is 0.953 bits per heavy atom. The number of aromatic carboxylic acids is 2. The Morgan fingerprint density at radius 3 is 2.19 bits per heavy atom. The molecular weight excluding hydrogens is 560 g/mol. The zero-order valence-electron chi connectivity index (χ0n) is 22.9. The first-order valence-electron chi connectivity index (χ1n) is 12.8. The number of benzene rings is 2. The SMILES string of the molecule is CCN(CC)C(=O)c1cc(/C(=C/Nc2ccc(C(=O)O)c(O)c2)N=N)nc(-c2cn(-c3ccc(C(=O)O)c(O)c3)nn2)c1. The number of carbonyl (C=O) groups excluding carboxylic acids is 1. The van der Waals surface area contributed by atoms with Crippen molar-refractivity contribution in [3.05, 3.63) is 83.3 Å². The molecule has 0 unspecified atom stereocenters. The quantitative estimate of drug-likeness (QED) is 0.137. The minimum absolute atomic E-state index is 0.00109. The normalized spacial score (nSPS) is 11.2. The third-order valence-corrected chi connectivity index (χ3v) is 6.34. The van der Waals surface area contributed by atoms with Crippen LogP contribution in [0.4, 0.5) is 5.69 Å². The first-order chi connectivity index (χ1) is 20.6. The van der Waals surface area contributed by atoms with Crippen LogP contribution >= 0.6 is 0 Å². The van der Waals surface area contributed by atoms with Crippen LogP contribution in [0.1, 0.15) is 50.6 Å². The maximum atomic E-state index is 13.3. The van der Waals surface area contributed by atoms with Gasteiger partial charge in [0.25, 0.3) is 5.91 Å². The lowest BCUT2D eigenvalue weighted by atomic mass is 10.1. The fourth-order valence-corrected chi connectivity index (χ4v) is 4.08. The van der Waals surface area contributed by atoms with E-state index >= 15 is 0 Å². The molecule has 0 spiro atoms. The molecule has 0 aliphatic carbocycles. The first-order valence-corrected chi connectivity index (χ1v) is 12.8. The number of anilines is 1. The van der Waals surface area contributed by atoms with E-state index in [1.165, 1.54) is 65.6 Å². The molecule has 4 rings (SSSR count). The Kier molecular flexibility index (Phi) is 8.74. The smallest absolute Gasteiger partial charge is 0.339 e. The third-order valence-electron chi connectivity index (χ3n) is 6.34. The minimum atomic E-state index is -1.29. The Morgan fingerprint density at radius 2 is 1.60 bits per heavy atom. The van der Waals surface area contributed by atoms with E-state index in [-0.39, 0.29) is 45.4 Å². The predicted octanol–water partition coefficient (Wildman–Crippen LogP) is 4.06. The van der Waals surface area contributed by atoms with Crippen LogP contribution in [0, 0.1) is 5.53 Å². The molecule has 2 aromatic heterocycles. The lowest BCUT2D eigenvalue weighted by molar-refractivity contribution is 0.0682. The monoisotopic (exact) mass is 586 g/mol. The van der Waals surface area contributed by atoms with E-state index in [0.29, 0.717) is 24.5 Å². The predicted molar refractivity (Wildman–Crippen MR) is 152 cm³/mol. The van der Waals surface area contributed by atoms with Crippen molar-refractivity contribution >= 4 is 29.2 Å². The molecule has 0 saturated heterocycles. The summed E-state index contributed by atoms with van der Waals surface area (Å²) in [7, 11) is 0. The van der Waals surface area contributed by atoms with E-state index in [2.05, 4.69) is 25.7 Å². The van der Waals surface area contributed by atoms with Crippen molar-refractivity contribution in [3.63, 3.8) is 0 Å². The molecule has 2 heterocycles. The van der Waals surface area contributed by atoms with Gasteiger partial charge in [0.2, 0.25) is 0 Å². The highest BCUT2D eigenvalue weighted by Gasteiger charge is 2.19. The maximum Gasteiger partial charge on any atom is 0.339 e. The average Bonchev–Trinajstić information content (AvgIpc) is 3.48. The van der Waals surface area contributed by atoms with Crippen molar-refractivity contribution < 1.29 is 34.8 Å². The zero-order chi connectivity index (χ0) is 31.3. The molecule has 0 radical (unpaired) electrons. The number of amides is 1. The maximum absolute atomic E-state index is 13.3. The van der Waals surface area contributed by atoms with Crippen LogP contribution in [0.15, 0.2) is 66.0 Å². The van der Waals surface area contributed by atoms with Crippen LogP contribution in [0.5, 0.6) is 11.5 Å². The average molecular weight is 587 g/mol. The van der Waals surface area contributed by atoms with E-state index in [1.54, 1.807) is 4.90 Å². The fourth-order valence-electron chi connectivity index (χ4n) is 4.08. The Hall–Kier alpha value is -6.12. The van der Waals surface area contributed by atoms with Crippen molar-refractivity contribution in [1.29, 1.82) is 5.53 Å². The van der Waals surface area contributed by atoms with Gasteiger partial charge in [0, 0.05) is 42.7 Å². The number of aromatic nitrogens is 4. The van der Waals surface area contributed by atoms with Crippen molar-refractivity contribution in [2.24, 2.45) is 5.11 Å². The summed E-state index contributed by atoms with van der Waals surface area (Å²) in [5.74, 6) is -3.81. The van der Waals surface area contributed by atoms with Crippen molar-refractivity contribution in [1.82, 2.24) is 24.9 Å². The summed E-state index contributed by atoms with van der Waals surface area (Å²) in [5.41, 5.74) is 8.61. The molecule has 2 aromatic carbocycles. The molecule has 220 valence electrons. The van der Waals surface area contributed by atoms with Crippen LogP contribution in [0.25, 0.3) is 22.8 Å². The van der Waals surface area contributed by atoms with Gasteiger partial charge in [-0.15, -0.1) is 5.10 Å². The number of carbonyl (C=O) groups is 3. The van der Waals surface area contributed by atoms with Crippen molar-refractivity contribution in [3.8, 4) is 28.6 Å². The highest BCUT2D eigenvalue weighted by molar-refractivity contribution is 5.96. The summed E-state index contributed by atoms with van der Waals surface area (Å²) < 4.78 is 1.29. The molecule has 15 nitrogen and oxygen atoms in total. The molecule has 15 heteroatoms. The van der Waals surface area contributed by atoms with Gasteiger partial charge in [-0.1, -0.05) is 5.21 Å². The van der Waals surface area contributed by atoms with Gasteiger partial charge >= 0.3 is 11.9 Å². The number of phenols is 2. The molecule has 0 aliphatic rings. The number of hydrogen-bond donors (Lipinski definition) is 6. The van der Waals surface area contributed by atoms with E-state index in [4.69, 9.17) is 15.7 Å². The van der Waals surface area contributed by atoms with Gasteiger partial charge in [0.05, 0.1) is 23.3 Å². The van der Waals surface area contributed by atoms with Crippen LogP contribution in [0.2, 0.25) is 0 Å². The van der Waals surface area contributed by atoms with Crippen LogP contribution in [0.3, 0.4) is 0 Å². The van der Waals surface area contributed by atoms with Gasteiger partial charge in [0.1, 0.15) is 34.0 Å².